The first-order valence-corrected chi connectivity index (χ1v) is 4.16. The predicted octanol–water partition coefficient (Wildman–Crippen LogP) is 1.17. The van der Waals surface area contributed by atoms with Crippen molar-refractivity contribution < 1.29 is 4.79 Å². The van der Waals surface area contributed by atoms with Gasteiger partial charge in [-0.05, 0) is 20.8 Å². The lowest BCUT2D eigenvalue weighted by molar-refractivity contribution is -0.128. The SMILES string of the molecule is C=NN(/N=C\C)C(C)(C)C(=O)CC#N. The van der Waals surface area contributed by atoms with Crippen LogP contribution in [0.5, 0.6) is 0 Å². The van der Waals surface area contributed by atoms with Gasteiger partial charge < -0.3 is 0 Å². The molecule has 0 aromatic rings. The normalized spacial score (nSPS) is 11.0. The van der Waals surface area contributed by atoms with Crippen LogP contribution in [0.3, 0.4) is 0 Å². The van der Waals surface area contributed by atoms with Gasteiger partial charge in [0.05, 0.1) is 12.5 Å². The maximum absolute atomic E-state index is 11.5. The van der Waals surface area contributed by atoms with Crippen molar-refractivity contribution in [3.05, 3.63) is 0 Å². The third kappa shape index (κ3) is 2.66. The van der Waals surface area contributed by atoms with Crippen LogP contribution < -0.4 is 0 Å². The fraction of sp³-hybridized carbons (Fsp3) is 0.556. The summed E-state index contributed by atoms with van der Waals surface area (Å²) in [4.78, 5) is 11.5. The monoisotopic (exact) mass is 194 g/mol. The minimum Gasteiger partial charge on any atom is -0.296 e. The van der Waals surface area contributed by atoms with Crippen LogP contribution in [0, 0.1) is 11.3 Å². The number of carbonyl (C=O) groups is 1. The van der Waals surface area contributed by atoms with E-state index in [1.54, 1.807) is 26.8 Å². The molecule has 0 spiro atoms. The molecule has 0 aliphatic carbocycles. The number of Topliss-reactive ketones (excluding diaryl/α,β-unsaturated/α-hetero) is 1. The molecule has 14 heavy (non-hydrogen) atoms. The van der Waals surface area contributed by atoms with Crippen LogP contribution in [0.25, 0.3) is 0 Å². The molecule has 0 radical (unpaired) electrons. The van der Waals surface area contributed by atoms with Crippen LogP contribution in [-0.2, 0) is 4.79 Å². The van der Waals surface area contributed by atoms with Gasteiger partial charge in [-0.25, -0.2) is 0 Å². The van der Waals surface area contributed by atoms with Crippen LogP contribution in [-0.4, -0.2) is 29.4 Å². The molecule has 0 saturated heterocycles. The molecule has 0 atom stereocenters. The molecule has 0 fully saturated rings. The summed E-state index contributed by atoms with van der Waals surface area (Å²) >= 11 is 0. The molecule has 0 rings (SSSR count). The molecule has 0 amide bonds. The van der Waals surface area contributed by atoms with Crippen molar-refractivity contribution in [3.63, 3.8) is 0 Å². The van der Waals surface area contributed by atoms with Crippen molar-refractivity contribution in [2.45, 2.75) is 32.7 Å². The first-order chi connectivity index (χ1) is 6.50. The third-order valence-corrected chi connectivity index (χ3v) is 1.78. The van der Waals surface area contributed by atoms with Crippen LogP contribution in [0.15, 0.2) is 10.2 Å². The van der Waals surface area contributed by atoms with Gasteiger partial charge in [-0.2, -0.15) is 20.6 Å². The minimum atomic E-state index is -0.927. The summed E-state index contributed by atoms with van der Waals surface area (Å²) in [7, 11) is 0. The van der Waals surface area contributed by atoms with Crippen molar-refractivity contribution >= 4 is 18.7 Å². The van der Waals surface area contributed by atoms with E-state index in [-0.39, 0.29) is 12.2 Å². The molecular weight excluding hydrogens is 180 g/mol. The van der Waals surface area contributed by atoms with Crippen molar-refractivity contribution in [2.75, 3.05) is 0 Å². The first kappa shape index (κ1) is 12.3. The van der Waals surface area contributed by atoms with Crippen LogP contribution in [0.2, 0.25) is 0 Å². The molecular formula is C9H14N4O. The van der Waals surface area contributed by atoms with Gasteiger partial charge in [0, 0.05) is 12.9 Å². The number of rotatable bonds is 5. The zero-order valence-corrected chi connectivity index (χ0v) is 8.69. The second-order valence-electron chi connectivity index (χ2n) is 3.12. The van der Waals surface area contributed by atoms with Crippen LogP contribution in [0.1, 0.15) is 27.2 Å². The van der Waals surface area contributed by atoms with Gasteiger partial charge in [-0.15, -0.1) is 0 Å². The number of nitrogens with zero attached hydrogens (tertiary/aromatic N) is 4. The minimum absolute atomic E-state index is 0.155. The van der Waals surface area contributed by atoms with E-state index in [2.05, 4.69) is 16.9 Å². The van der Waals surface area contributed by atoms with E-state index in [0.29, 0.717) is 0 Å². The zero-order chi connectivity index (χ0) is 11.2. The molecule has 5 heteroatoms. The molecule has 0 N–H and O–H groups in total. The number of hydrogen-bond donors (Lipinski definition) is 0. The topological polar surface area (TPSA) is 68.8 Å². The highest BCUT2D eigenvalue weighted by molar-refractivity contribution is 5.89. The van der Waals surface area contributed by atoms with Gasteiger partial charge in [-0.3, -0.25) is 4.79 Å². The van der Waals surface area contributed by atoms with E-state index in [4.69, 9.17) is 5.26 Å². The predicted molar refractivity (Wildman–Crippen MR) is 54.9 cm³/mol. The number of hydrogen-bond acceptors (Lipinski definition) is 5. The standard InChI is InChI=1S/C9H14N4O/c1-5-12-13(11-4)9(2,3)8(14)6-7-10/h5H,4,6H2,1-3H3/b12-5-. The summed E-state index contributed by atoms with van der Waals surface area (Å²) in [6, 6.07) is 1.80. The molecule has 0 aromatic carbocycles. The van der Waals surface area contributed by atoms with Crippen molar-refractivity contribution in [1.29, 1.82) is 5.26 Å². The third-order valence-electron chi connectivity index (χ3n) is 1.78. The molecule has 0 heterocycles. The van der Waals surface area contributed by atoms with Gasteiger partial charge in [0.15, 0.2) is 5.78 Å². The van der Waals surface area contributed by atoms with E-state index < -0.39 is 5.54 Å². The van der Waals surface area contributed by atoms with Crippen LogP contribution >= 0.6 is 0 Å². The van der Waals surface area contributed by atoms with Gasteiger partial charge in [0.25, 0.3) is 0 Å². The van der Waals surface area contributed by atoms with Gasteiger partial charge in [0.1, 0.15) is 5.54 Å². The van der Waals surface area contributed by atoms with Crippen molar-refractivity contribution in [3.8, 4) is 6.07 Å². The summed E-state index contributed by atoms with van der Waals surface area (Å²) in [5.74, 6) is -0.238. The van der Waals surface area contributed by atoms with Crippen molar-refractivity contribution in [2.24, 2.45) is 10.2 Å². The van der Waals surface area contributed by atoms with Gasteiger partial charge in [0.2, 0.25) is 0 Å². The Hall–Kier alpha value is -1.70. The maximum Gasteiger partial charge on any atom is 0.175 e. The Morgan fingerprint density at radius 1 is 1.71 bits per heavy atom. The van der Waals surface area contributed by atoms with Crippen molar-refractivity contribution in [1.82, 2.24) is 5.12 Å². The second-order valence-corrected chi connectivity index (χ2v) is 3.12. The fourth-order valence-electron chi connectivity index (χ4n) is 0.867. The summed E-state index contributed by atoms with van der Waals surface area (Å²) < 4.78 is 0. The Bertz CT molecular complexity index is 288. The average molecular weight is 194 g/mol. The quantitative estimate of drug-likeness (QED) is 0.487. The maximum atomic E-state index is 11.5. The number of nitriles is 1. The Labute approximate surface area is 83.7 Å². The first-order valence-electron chi connectivity index (χ1n) is 4.16. The lowest BCUT2D eigenvalue weighted by atomic mass is 9.97. The Kier molecular flexibility index (Phi) is 4.50. The highest BCUT2D eigenvalue weighted by atomic mass is 16.1. The smallest absolute Gasteiger partial charge is 0.175 e. The van der Waals surface area contributed by atoms with E-state index in [1.165, 1.54) is 11.3 Å². The summed E-state index contributed by atoms with van der Waals surface area (Å²) in [5, 5.41) is 17.1. The number of hydrazone groups is 2. The molecule has 0 aliphatic heterocycles. The second kappa shape index (κ2) is 5.12. The molecule has 0 aromatic heterocycles. The summed E-state index contributed by atoms with van der Waals surface area (Å²) in [5.41, 5.74) is -0.927. The summed E-state index contributed by atoms with van der Waals surface area (Å²) in [6.07, 6.45) is 1.36. The lowest BCUT2D eigenvalue weighted by Crippen LogP contribution is -2.44. The molecule has 0 saturated carbocycles. The van der Waals surface area contributed by atoms with Gasteiger partial charge >= 0.3 is 0 Å². The summed E-state index contributed by atoms with van der Waals surface area (Å²) in [6.45, 7) is 8.32. The van der Waals surface area contributed by atoms with Crippen LogP contribution in [0.4, 0.5) is 0 Å². The van der Waals surface area contributed by atoms with E-state index in [0.717, 1.165) is 0 Å². The molecule has 5 nitrogen and oxygen atoms in total. The molecule has 0 unspecified atom stereocenters. The highest BCUT2D eigenvalue weighted by Gasteiger charge is 2.33. The van der Waals surface area contributed by atoms with E-state index in [9.17, 15) is 4.79 Å². The number of carbonyl (C=O) groups excluding carboxylic acids is 1. The Morgan fingerprint density at radius 3 is 2.64 bits per heavy atom. The highest BCUT2D eigenvalue weighted by Crippen LogP contribution is 2.17. The lowest BCUT2D eigenvalue weighted by Gasteiger charge is -2.29. The molecule has 0 bridgehead atoms. The van der Waals surface area contributed by atoms with Gasteiger partial charge in [-0.1, -0.05) is 0 Å². The molecule has 76 valence electrons. The zero-order valence-electron chi connectivity index (χ0n) is 8.69. The number of ketones is 1. The average Bonchev–Trinajstić information content (AvgIpc) is 2.14. The van der Waals surface area contributed by atoms with E-state index >= 15 is 0 Å². The Balaban J connectivity index is 4.81. The fourth-order valence-corrected chi connectivity index (χ4v) is 0.867. The molecule has 0 aliphatic rings. The van der Waals surface area contributed by atoms with E-state index in [1.807, 2.05) is 0 Å². The largest absolute Gasteiger partial charge is 0.296 e. The Morgan fingerprint density at radius 2 is 2.29 bits per heavy atom.